The van der Waals surface area contributed by atoms with Gasteiger partial charge in [0.15, 0.2) is 0 Å². The second kappa shape index (κ2) is 8.64. The summed E-state index contributed by atoms with van der Waals surface area (Å²) in [6.45, 7) is 5.87. The minimum atomic E-state index is 0.121. The van der Waals surface area contributed by atoms with Crippen molar-refractivity contribution in [1.29, 1.82) is 0 Å². The van der Waals surface area contributed by atoms with Crippen LogP contribution in [0.1, 0.15) is 6.92 Å². The molecule has 0 saturated heterocycles. The van der Waals surface area contributed by atoms with Crippen LogP contribution in [0.3, 0.4) is 0 Å². The molecule has 2 N–H and O–H groups in total. The fourth-order valence-electron chi connectivity index (χ4n) is 1.06. The summed E-state index contributed by atoms with van der Waals surface area (Å²) in [6, 6.07) is 0. The third kappa shape index (κ3) is 7.30. The SMILES string of the molecule is CCN(CCOCCN)CC(=O)N(C)C. The number of ether oxygens (including phenoxy) is 1. The maximum absolute atomic E-state index is 11.4. The number of nitrogens with two attached hydrogens (primary N) is 1. The number of nitrogens with zero attached hydrogens (tertiary/aromatic N) is 2. The monoisotopic (exact) mass is 217 g/mol. The summed E-state index contributed by atoms with van der Waals surface area (Å²) in [5, 5.41) is 0. The van der Waals surface area contributed by atoms with Gasteiger partial charge in [-0.25, -0.2) is 0 Å². The van der Waals surface area contributed by atoms with Crippen LogP contribution in [0.25, 0.3) is 0 Å². The average Bonchev–Trinajstić information content (AvgIpc) is 2.22. The Morgan fingerprint density at radius 1 is 1.33 bits per heavy atom. The molecule has 5 nitrogen and oxygen atoms in total. The summed E-state index contributed by atoms with van der Waals surface area (Å²) < 4.78 is 5.27. The first-order valence-corrected chi connectivity index (χ1v) is 5.32. The van der Waals surface area contributed by atoms with Gasteiger partial charge in [0.05, 0.1) is 19.8 Å². The maximum Gasteiger partial charge on any atom is 0.236 e. The van der Waals surface area contributed by atoms with Crippen LogP contribution < -0.4 is 5.73 Å². The fourth-order valence-corrected chi connectivity index (χ4v) is 1.06. The minimum Gasteiger partial charge on any atom is -0.379 e. The highest BCUT2D eigenvalue weighted by Gasteiger charge is 2.09. The lowest BCUT2D eigenvalue weighted by molar-refractivity contribution is -0.130. The number of hydrogen-bond donors (Lipinski definition) is 1. The molecule has 0 saturated carbocycles. The first kappa shape index (κ1) is 14.3. The molecule has 90 valence electrons. The first-order chi connectivity index (χ1) is 7.11. The molecular weight excluding hydrogens is 194 g/mol. The Morgan fingerprint density at radius 3 is 2.47 bits per heavy atom. The second-order valence-corrected chi connectivity index (χ2v) is 3.56. The Kier molecular flexibility index (Phi) is 8.27. The molecule has 0 aromatic heterocycles. The molecule has 0 unspecified atom stereocenters. The van der Waals surface area contributed by atoms with Gasteiger partial charge in [-0.05, 0) is 6.54 Å². The van der Waals surface area contributed by atoms with E-state index in [1.807, 2.05) is 6.92 Å². The Balaban J connectivity index is 3.68. The molecule has 0 aliphatic heterocycles. The average molecular weight is 217 g/mol. The van der Waals surface area contributed by atoms with Crippen LogP contribution in [0.2, 0.25) is 0 Å². The van der Waals surface area contributed by atoms with Gasteiger partial charge in [-0.2, -0.15) is 0 Å². The highest BCUT2D eigenvalue weighted by molar-refractivity contribution is 5.77. The molecule has 0 heterocycles. The van der Waals surface area contributed by atoms with E-state index in [1.165, 1.54) is 0 Å². The van der Waals surface area contributed by atoms with Crippen molar-refractivity contribution in [3.63, 3.8) is 0 Å². The van der Waals surface area contributed by atoms with Crippen molar-refractivity contribution in [3.05, 3.63) is 0 Å². The number of carbonyl (C=O) groups excluding carboxylic acids is 1. The number of likely N-dealkylation sites (N-methyl/N-ethyl adjacent to an activating group) is 2. The van der Waals surface area contributed by atoms with Gasteiger partial charge in [-0.1, -0.05) is 6.92 Å². The van der Waals surface area contributed by atoms with E-state index in [2.05, 4.69) is 4.90 Å². The molecule has 1 amide bonds. The molecule has 0 atom stereocenters. The van der Waals surface area contributed by atoms with E-state index in [4.69, 9.17) is 10.5 Å². The lowest BCUT2D eigenvalue weighted by atomic mass is 10.4. The van der Waals surface area contributed by atoms with E-state index < -0.39 is 0 Å². The Bertz CT molecular complexity index is 174. The summed E-state index contributed by atoms with van der Waals surface area (Å²) in [5.74, 6) is 0.121. The van der Waals surface area contributed by atoms with Crippen LogP contribution in [0.4, 0.5) is 0 Å². The van der Waals surface area contributed by atoms with Crippen LogP contribution in [-0.4, -0.2) is 69.2 Å². The van der Waals surface area contributed by atoms with E-state index in [1.54, 1.807) is 19.0 Å². The molecule has 0 aromatic rings. The van der Waals surface area contributed by atoms with Crippen molar-refractivity contribution < 1.29 is 9.53 Å². The minimum absolute atomic E-state index is 0.121. The van der Waals surface area contributed by atoms with Crippen molar-refractivity contribution in [2.24, 2.45) is 5.73 Å². The van der Waals surface area contributed by atoms with Crippen molar-refractivity contribution >= 4 is 5.91 Å². The van der Waals surface area contributed by atoms with E-state index in [-0.39, 0.29) is 5.91 Å². The summed E-state index contributed by atoms with van der Waals surface area (Å²) in [4.78, 5) is 15.1. The predicted octanol–water partition coefficient (Wildman–Crippen LogP) is -0.628. The zero-order chi connectivity index (χ0) is 11.7. The smallest absolute Gasteiger partial charge is 0.236 e. The number of hydrogen-bond acceptors (Lipinski definition) is 4. The second-order valence-electron chi connectivity index (χ2n) is 3.56. The molecule has 0 aliphatic rings. The van der Waals surface area contributed by atoms with Gasteiger partial charge in [-0.3, -0.25) is 9.69 Å². The molecule has 5 heteroatoms. The fraction of sp³-hybridized carbons (Fsp3) is 0.900. The normalized spacial score (nSPS) is 10.7. The molecule has 0 rings (SSSR count). The van der Waals surface area contributed by atoms with Crippen molar-refractivity contribution in [3.8, 4) is 0 Å². The van der Waals surface area contributed by atoms with E-state index >= 15 is 0 Å². The highest BCUT2D eigenvalue weighted by Crippen LogP contribution is 1.90. The quantitative estimate of drug-likeness (QED) is 0.550. The third-order valence-electron chi connectivity index (χ3n) is 2.12. The Morgan fingerprint density at radius 2 is 2.00 bits per heavy atom. The number of carbonyl (C=O) groups is 1. The molecule has 0 aliphatic carbocycles. The van der Waals surface area contributed by atoms with Gasteiger partial charge < -0.3 is 15.4 Å². The predicted molar refractivity (Wildman–Crippen MR) is 60.7 cm³/mol. The zero-order valence-corrected chi connectivity index (χ0v) is 10.0. The van der Waals surface area contributed by atoms with Gasteiger partial charge in [0.25, 0.3) is 0 Å². The van der Waals surface area contributed by atoms with E-state index in [0.29, 0.717) is 26.3 Å². The van der Waals surface area contributed by atoms with Crippen molar-refractivity contribution in [2.75, 3.05) is 53.5 Å². The van der Waals surface area contributed by atoms with Crippen molar-refractivity contribution in [1.82, 2.24) is 9.80 Å². The summed E-state index contributed by atoms with van der Waals surface area (Å²) in [5.41, 5.74) is 5.30. The molecule has 0 radical (unpaired) electrons. The Labute approximate surface area is 92.2 Å². The largest absolute Gasteiger partial charge is 0.379 e. The standard InChI is InChI=1S/C10H23N3O2/c1-4-13(6-8-15-7-5-11)9-10(14)12(2)3/h4-9,11H2,1-3H3. The summed E-state index contributed by atoms with van der Waals surface area (Å²) in [6.07, 6.45) is 0. The first-order valence-electron chi connectivity index (χ1n) is 5.32. The third-order valence-corrected chi connectivity index (χ3v) is 2.12. The summed E-state index contributed by atoms with van der Waals surface area (Å²) >= 11 is 0. The highest BCUT2D eigenvalue weighted by atomic mass is 16.5. The summed E-state index contributed by atoms with van der Waals surface area (Å²) in [7, 11) is 3.53. The van der Waals surface area contributed by atoms with Gasteiger partial charge in [0.2, 0.25) is 5.91 Å². The van der Waals surface area contributed by atoms with Crippen LogP contribution in [0, 0.1) is 0 Å². The van der Waals surface area contributed by atoms with E-state index in [0.717, 1.165) is 13.1 Å². The zero-order valence-electron chi connectivity index (χ0n) is 10.0. The lowest BCUT2D eigenvalue weighted by Gasteiger charge is -2.21. The number of rotatable bonds is 8. The van der Waals surface area contributed by atoms with Crippen LogP contribution in [0.5, 0.6) is 0 Å². The number of amides is 1. The van der Waals surface area contributed by atoms with Crippen molar-refractivity contribution in [2.45, 2.75) is 6.92 Å². The molecular formula is C10H23N3O2. The van der Waals surface area contributed by atoms with E-state index in [9.17, 15) is 4.79 Å². The van der Waals surface area contributed by atoms with Crippen LogP contribution in [0.15, 0.2) is 0 Å². The molecule has 0 bridgehead atoms. The van der Waals surface area contributed by atoms with Crippen LogP contribution >= 0.6 is 0 Å². The van der Waals surface area contributed by atoms with Gasteiger partial charge in [0, 0.05) is 27.2 Å². The molecule has 15 heavy (non-hydrogen) atoms. The maximum atomic E-state index is 11.4. The van der Waals surface area contributed by atoms with Gasteiger partial charge >= 0.3 is 0 Å². The van der Waals surface area contributed by atoms with Crippen LogP contribution in [-0.2, 0) is 9.53 Å². The van der Waals surface area contributed by atoms with Gasteiger partial charge in [-0.15, -0.1) is 0 Å². The molecule has 0 spiro atoms. The lowest BCUT2D eigenvalue weighted by Crippen LogP contribution is -2.38. The molecule has 0 fully saturated rings. The Hall–Kier alpha value is -0.650. The van der Waals surface area contributed by atoms with Gasteiger partial charge in [0.1, 0.15) is 0 Å². The molecule has 0 aromatic carbocycles. The topological polar surface area (TPSA) is 58.8 Å².